The lowest BCUT2D eigenvalue weighted by molar-refractivity contribution is -0.117. The summed E-state index contributed by atoms with van der Waals surface area (Å²) in [5.74, 6) is -0.0479. The molecule has 4 aromatic rings. The van der Waals surface area contributed by atoms with Crippen LogP contribution >= 0.6 is 11.6 Å². The number of anilines is 1. The Kier molecular flexibility index (Phi) is 7.32. The minimum Gasteiger partial charge on any atom is -0.327 e. The lowest BCUT2D eigenvalue weighted by atomic mass is 10.1. The van der Waals surface area contributed by atoms with Crippen molar-refractivity contribution in [2.45, 2.75) is 26.8 Å². The van der Waals surface area contributed by atoms with Crippen LogP contribution in [-0.2, 0) is 4.79 Å². The Balaban J connectivity index is 1.61. The van der Waals surface area contributed by atoms with Gasteiger partial charge in [0, 0.05) is 28.3 Å². The molecule has 4 rings (SSSR count). The standard InChI is InChI=1S/C28H27ClN4O2/c1-19(2)32(28(35)22-10-7-11-23(29)16-22)18-27(34)30-26-17-25(21-8-5-4-6-9-21)31-33(26)24-14-12-20(3)13-15-24/h4-17,19H,18H2,1-3H3,(H,30,34). The lowest BCUT2D eigenvalue weighted by Crippen LogP contribution is -2.42. The fourth-order valence-electron chi connectivity index (χ4n) is 3.72. The van der Waals surface area contributed by atoms with Crippen molar-refractivity contribution in [1.29, 1.82) is 0 Å². The summed E-state index contributed by atoms with van der Waals surface area (Å²) in [5.41, 5.74) is 4.06. The molecular formula is C28H27ClN4O2. The number of nitrogens with one attached hydrogen (secondary N) is 1. The summed E-state index contributed by atoms with van der Waals surface area (Å²) in [6, 6.07) is 26.1. The third-order valence-electron chi connectivity index (χ3n) is 5.59. The maximum Gasteiger partial charge on any atom is 0.254 e. The van der Waals surface area contributed by atoms with Crippen molar-refractivity contribution in [1.82, 2.24) is 14.7 Å². The normalized spacial score (nSPS) is 10.9. The Morgan fingerprint density at radius 1 is 0.971 bits per heavy atom. The van der Waals surface area contributed by atoms with Gasteiger partial charge in [0.25, 0.3) is 5.91 Å². The summed E-state index contributed by atoms with van der Waals surface area (Å²) in [7, 11) is 0. The van der Waals surface area contributed by atoms with Crippen molar-refractivity contribution < 1.29 is 9.59 Å². The Hall–Kier alpha value is -3.90. The zero-order valence-electron chi connectivity index (χ0n) is 19.9. The molecule has 1 aromatic heterocycles. The minimum atomic E-state index is -0.318. The molecule has 0 aliphatic carbocycles. The van der Waals surface area contributed by atoms with Crippen molar-refractivity contribution in [3.8, 4) is 16.9 Å². The predicted molar refractivity (Wildman–Crippen MR) is 140 cm³/mol. The summed E-state index contributed by atoms with van der Waals surface area (Å²) < 4.78 is 1.71. The first-order valence-corrected chi connectivity index (χ1v) is 11.8. The van der Waals surface area contributed by atoms with Crippen molar-refractivity contribution in [3.05, 3.63) is 101 Å². The molecule has 0 radical (unpaired) electrons. The van der Waals surface area contributed by atoms with Crippen LogP contribution in [0, 0.1) is 6.92 Å². The molecule has 0 bridgehead atoms. The lowest BCUT2D eigenvalue weighted by Gasteiger charge is -2.26. The topological polar surface area (TPSA) is 67.2 Å². The summed E-state index contributed by atoms with van der Waals surface area (Å²) >= 11 is 6.06. The number of amides is 2. The van der Waals surface area contributed by atoms with Crippen LogP contribution in [0.1, 0.15) is 29.8 Å². The zero-order chi connectivity index (χ0) is 24.9. The SMILES string of the molecule is Cc1ccc(-n2nc(-c3ccccc3)cc2NC(=O)CN(C(=O)c2cccc(Cl)c2)C(C)C)cc1. The summed E-state index contributed by atoms with van der Waals surface area (Å²) in [5, 5.41) is 8.18. The molecule has 2 amide bonds. The van der Waals surface area contributed by atoms with Gasteiger partial charge in [-0.3, -0.25) is 9.59 Å². The van der Waals surface area contributed by atoms with Gasteiger partial charge in [-0.15, -0.1) is 0 Å². The summed E-state index contributed by atoms with van der Waals surface area (Å²) in [4.78, 5) is 27.8. The number of aryl methyl sites for hydroxylation is 1. The first-order valence-electron chi connectivity index (χ1n) is 11.4. The summed E-state index contributed by atoms with van der Waals surface area (Å²) in [6.45, 7) is 5.66. The molecular weight excluding hydrogens is 460 g/mol. The van der Waals surface area contributed by atoms with Crippen molar-refractivity contribution in [2.24, 2.45) is 0 Å². The molecule has 0 aliphatic heterocycles. The number of carbonyl (C=O) groups excluding carboxylic acids is 2. The van der Waals surface area contributed by atoms with Crippen LogP contribution in [0.25, 0.3) is 16.9 Å². The molecule has 0 unspecified atom stereocenters. The second-order valence-corrected chi connectivity index (χ2v) is 9.05. The van der Waals surface area contributed by atoms with Gasteiger partial charge in [-0.05, 0) is 51.1 Å². The predicted octanol–water partition coefficient (Wildman–Crippen LogP) is 5.99. The number of aromatic nitrogens is 2. The molecule has 0 atom stereocenters. The molecule has 0 spiro atoms. The van der Waals surface area contributed by atoms with Crippen LogP contribution in [0.4, 0.5) is 5.82 Å². The Morgan fingerprint density at radius 3 is 2.34 bits per heavy atom. The largest absolute Gasteiger partial charge is 0.327 e. The van der Waals surface area contributed by atoms with E-state index in [9.17, 15) is 9.59 Å². The highest BCUT2D eigenvalue weighted by atomic mass is 35.5. The number of hydrogen-bond acceptors (Lipinski definition) is 3. The fraction of sp³-hybridized carbons (Fsp3) is 0.179. The van der Waals surface area contributed by atoms with Gasteiger partial charge < -0.3 is 10.2 Å². The molecule has 1 heterocycles. The molecule has 3 aromatic carbocycles. The number of rotatable bonds is 7. The Morgan fingerprint density at radius 2 is 1.69 bits per heavy atom. The molecule has 6 nitrogen and oxygen atoms in total. The van der Waals surface area contributed by atoms with E-state index in [1.165, 1.54) is 4.90 Å². The summed E-state index contributed by atoms with van der Waals surface area (Å²) in [6.07, 6.45) is 0. The molecule has 178 valence electrons. The second kappa shape index (κ2) is 10.6. The number of nitrogens with zero attached hydrogens (tertiary/aromatic N) is 3. The van der Waals surface area contributed by atoms with E-state index in [0.29, 0.717) is 16.4 Å². The van der Waals surface area contributed by atoms with E-state index in [-0.39, 0.29) is 24.4 Å². The van der Waals surface area contributed by atoms with Crippen LogP contribution in [0.15, 0.2) is 84.9 Å². The van der Waals surface area contributed by atoms with E-state index in [4.69, 9.17) is 16.7 Å². The average Bonchev–Trinajstić information content (AvgIpc) is 3.26. The Bertz CT molecular complexity index is 1330. The number of benzene rings is 3. The maximum absolute atomic E-state index is 13.1. The number of hydrogen-bond donors (Lipinski definition) is 1. The molecule has 0 aliphatic rings. The molecule has 0 saturated heterocycles. The van der Waals surface area contributed by atoms with Crippen LogP contribution in [0.3, 0.4) is 0 Å². The first-order chi connectivity index (χ1) is 16.8. The van der Waals surface area contributed by atoms with Gasteiger partial charge in [0.15, 0.2) is 0 Å². The molecule has 7 heteroatoms. The van der Waals surface area contributed by atoms with Crippen LogP contribution in [0.5, 0.6) is 0 Å². The van der Waals surface area contributed by atoms with Gasteiger partial charge in [-0.2, -0.15) is 5.10 Å². The van der Waals surface area contributed by atoms with Crippen LogP contribution in [0.2, 0.25) is 5.02 Å². The van der Waals surface area contributed by atoms with E-state index >= 15 is 0 Å². The van der Waals surface area contributed by atoms with E-state index in [1.807, 2.05) is 81.4 Å². The van der Waals surface area contributed by atoms with Crippen molar-refractivity contribution in [2.75, 3.05) is 11.9 Å². The van der Waals surface area contributed by atoms with Gasteiger partial charge >= 0.3 is 0 Å². The van der Waals surface area contributed by atoms with Crippen molar-refractivity contribution in [3.63, 3.8) is 0 Å². The maximum atomic E-state index is 13.1. The number of carbonyl (C=O) groups is 2. The van der Waals surface area contributed by atoms with Gasteiger partial charge in [0.05, 0.1) is 11.4 Å². The number of halogens is 1. The molecule has 0 fully saturated rings. The molecule has 1 N–H and O–H groups in total. The van der Waals surface area contributed by atoms with E-state index in [0.717, 1.165) is 22.5 Å². The van der Waals surface area contributed by atoms with Gasteiger partial charge in [0.1, 0.15) is 12.4 Å². The van der Waals surface area contributed by atoms with Crippen molar-refractivity contribution >= 4 is 29.2 Å². The van der Waals surface area contributed by atoms with Gasteiger partial charge in [0.2, 0.25) is 5.91 Å². The highest BCUT2D eigenvalue weighted by Gasteiger charge is 2.23. The van der Waals surface area contributed by atoms with E-state index in [2.05, 4.69) is 5.32 Å². The third kappa shape index (κ3) is 5.78. The highest BCUT2D eigenvalue weighted by molar-refractivity contribution is 6.31. The minimum absolute atomic E-state index is 0.108. The zero-order valence-corrected chi connectivity index (χ0v) is 20.7. The van der Waals surface area contributed by atoms with E-state index in [1.54, 1.807) is 28.9 Å². The Labute approximate surface area is 210 Å². The third-order valence-corrected chi connectivity index (χ3v) is 5.83. The average molecular weight is 487 g/mol. The van der Waals surface area contributed by atoms with Crippen LogP contribution < -0.4 is 5.32 Å². The first kappa shape index (κ1) is 24.2. The van der Waals surface area contributed by atoms with Gasteiger partial charge in [-0.1, -0.05) is 65.7 Å². The quantitative estimate of drug-likeness (QED) is 0.349. The second-order valence-electron chi connectivity index (χ2n) is 8.61. The van der Waals surface area contributed by atoms with Gasteiger partial charge in [-0.25, -0.2) is 4.68 Å². The smallest absolute Gasteiger partial charge is 0.254 e. The highest BCUT2D eigenvalue weighted by Crippen LogP contribution is 2.25. The monoisotopic (exact) mass is 486 g/mol. The van der Waals surface area contributed by atoms with E-state index < -0.39 is 0 Å². The fourth-order valence-corrected chi connectivity index (χ4v) is 3.91. The molecule has 35 heavy (non-hydrogen) atoms. The van der Waals surface area contributed by atoms with Crippen LogP contribution in [-0.4, -0.2) is 39.1 Å². The molecule has 0 saturated carbocycles.